The Hall–Kier alpha value is -1.48. The fourth-order valence-corrected chi connectivity index (χ4v) is 5.05. The minimum atomic E-state index is -3.65. The molecule has 9 heteroatoms. The maximum absolute atomic E-state index is 12.7. The van der Waals surface area contributed by atoms with Crippen LogP contribution in [0.2, 0.25) is 5.02 Å². The van der Waals surface area contributed by atoms with E-state index in [4.69, 9.17) is 11.6 Å². The van der Waals surface area contributed by atoms with Gasteiger partial charge in [-0.05, 0) is 19.1 Å². The van der Waals surface area contributed by atoms with Gasteiger partial charge in [-0.15, -0.1) is 11.3 Å². The predicted octanol–water partition coefficient (Wildman–Crippen LogP) is 2.25. The highest BCUT2D eigenvalue weighted by Crippen LogP contribution is 2.25. The average molecular weight is 386 g/mol. The SMILES string of the molecule is Cc1nc(C(=O)N2CCN(S(=O)(=O)c3ccccc3Cl)CC2)cs1. The van der Waals surface area contributed by atoms with Gasteiger partial charge in [-0.25, -0.2) is 13.4 Å². The molecule has 3 rings (SSSR count). The normalized spacial score (nSPS) is 16.3. The molecule has 1 aromatic heterocycles. The molecule has 128 valence electrons. The number of carbonyl (C=O) groups is 1. The number of rotatable bonds is 3. The van der Waals surface area contributed by atoms with E-state index in [0.29, 0.717) is 18.8 Å². The molecule has 0 aliphatic carbocycles. The number of carbonyl (C=O) groups excluding carboxylic acids is 1. The number of benzene rings is 1. The van der Waals surface area contributed by atoms with Gasteiger partial charge in [-0.1, -0.05) is 23.7 Å². The Morgan fingerprint density at radius 3 is 2.46 bits per heavy atom. The number of hydrogen-bond acceptors (Lipinski definition) is 5. The van der Waals surface area contributed by atoms with Gasteiger partial charge < -0.3 is 4.90 Å². The summed E-state index contributed by atoms with van der Waals surface area (Å²) < 4.78 is 26.7. The fraction of sp³-hybridized carbons (Fsp3) is 0.333. The molecule has 2 aromatic rings. The number of aryl methyl sites for hydroxylation is 1. The second-order valence-electron chi connectivity index (χ2n) is 5.38. The van der Waals surface area contributed by atoms with Crippen molar-refractivity contribution in [3.8, 4) is 0 Å². The van der Waals surface area contributed by atoms with E-state index in [1.165, 1.54) is 21.7 Å². The maximum Gasteiger partial charge on any atom is 0.273 e. The van der Waals surface area contributed by atoms with Crippen LogP contribution < -0.4 is 0 Å². The van der Waals surface area contributed by atoms with Crippen LogP contribution in [-0.2, 0) is 10.0 Å². The van der Waals surface area contributed by atoms with Crippen molar-refractivity contribution in [2.45, 2.75) is 11.8 Å². The predicted molar refractivity (Wildman–Crippen MR) is 93.0 cm³/mol. The average Bonchev–Trinajstić information content (AvgIpc) is 3.01. The van der Waals surface area contributed by atoms with E-state index in [1.807, 2.05) is 6.92 Å². The van der Waals surface area contributed by atoms with Crippen molar-refractivity contribution < 1.29 is 13.2 Å². The van der Waals surface area contributed by atoms with Crippen LogP contribution in [0.3, 0.4) is 0 Å². The second kappa shape index (κ2) is 6.79. The zero-order valence-corrected chi connectivity index (χ0v) is 15.4. The van der Waals surface area contributed by atoms with Gasteiger partial charge in [0.25, 0.3) is 5.91 Å². The summed E-state index contributed by atoms with van der Waals surface area (Å²) in [6.07, 6.45) is 0. The molecule has 1 saturated heterocycles. The van der Waals surface area contributed by atoms with Crippen molar-refractivity contribution >= 4 is 38.9 Å². The number of nitrogens with zero attached hydrogens (tertiary/aromatic N) is 3. The van der Waals surface area contributed by atoms with Crippen molar-refractivity contribution in [1.29, 1.82) is 0 Å². The molecule has 1 aromatic carbocycles. The van der Waals surface area contributed by atoms with Crippen molar-refractivity contribution in [2.75, 3.05) is 26.2 Å². The largest absolute Gasteiger partial charge is 0.335 e. The number of hydrogen-bond donors (Lipinski definition) is 0. The lowest BCUT2D eigenvalue weighted by Gasteiger charge is -2.33. The minimum Gasteiger partial charge on any atom is -0.335 e. The molecule has 0 saturated carbocycles. The molecule has 0 radical (unpaired) electrons. The van der Waals surface area contributed by atoms with E-state index in [2.05, 4.69) is 4.98 Å². The van der Waals surface area contributed by atoms with Crippen LogP contribution in [0, 0.1) is 6.92 Å². The van der Waals surface area contributed by atoms with E-state index >= 15 is 0 Å². The molecular weight excluding hydrogens is 370 g/mol. The van der Waals surface area contributed by atoms with Gasteiger partial charge in [-0.3, -0.25) is 4.79 Å². The van der Waals surface area contributed by atoms with Crippen LogP contribution in [0.5, 0.6) is 0 Å². The third-order valence-corrected chi connectivity index (χ3v) is 6.99. The van der Waals surface area contributed by atoms with Crippen molar-refractivity contribution in [3.05, 3.63) is 45.4 Å². The van der Waals surface area contributed by atoms with Crippen LogP contribution in [-0.4, -0.2) is 54.7 Å². The van der Waals surface area contributed by atoms with Gasteiger partial charge >= 0.3 is 0 Å². The Labute approximate surface area is 149 Å². The number of aromatic nitrogens is 1. The van der Waals surface area contributed by atoms with E-state index in [9.17, 15) is 13.2 Å². The van der Waals surface area contributed by atoms with E-state index in [0.717, 1.165) is 5.01 Å². The number of piperazine rings is 1. The van der Waals surface area contributed by atoms with Gasteiger partial charge in [0.15, 0.2) is 0 Å². The highest BCUT2D eigenvalue weighted by Gasteiger charge is 2.32. The van der Waals surface area contributed by atoms with Crippen LogP contribution in [0.25, 0.3) is 0 Å². The van der Waals surface area contributed by atoms with Crippen LogP contribution in [0.4, 0.5) is 0 Å². The molecule has 0 spiro atoms. The van der Waals surface area contributed by atoms with Gasteiger partial charge in [-0.2, -0.15) is 4.31 Å². The van der Waals surface area contributed by atoms with Crippen molar-refractivity contribution in [1.82, 2.24) is 14.2 Å². The van der Waals surface area contributed by atoms with Crippen LogP contribution in [0.15, 0.2) is 34.5 Å². The summed E-state index contributed by atoms with van der Waals surface area (Å²) in [5, 5.41) is 2.76. The summed E-state index contributed by atoms with van der Waals surface area (Å²) in [5.74, 6) is -0.158. The zero-order valence-electron chi connectivity index (χ0n) is 13.0. The quantitative estimate of drug-likeness (QED) is 0.812. The number of thiazole rings is 1. The summed E-state index contributed by atoms with van der Waals surface area (Å²) >= 11 is 7.43. The summed E-state index contributed by atoms with van der Waals surface area (Å²) in [5.41, 5.74) is 0.417. The van der Waals surface area contributed by atoms with E-state index in [-0.39, 0.29) is 28.9 Å². The van der Waals surface area contributed by atoms with Gasteiger partial charge in [0, 0.05) is 31.6 Å². The smallest absolute Gasteiger partial charge is 0.273 e. The molecular formula is C15H16ClN3O3S2. The van der Waals surface area contributed by atoms with Crippen molar-refractivity contribution in [3.63, 3.8) is 0 Å². The minimum absolute atomic E-state index is 0.0987. The molecule has 24 heavy (non-hydrogen) atoms. The number of sulfonamides is 1. The Bertz CT molecular complexity index is 858. The van der Waals surface area contributed by atoms with Crippen molar-refractivity contribution in [2.24, 2.45) is 0 Å². The summed E-state index contributed by atoms with van der Waals surface area (Å²) in [6, 6.07) is 6.38. The monoisotopic (exact) mass is 385 g/mol. The molecule has 0 atom stereocenters. The van der Waals surface area contributed by atoms with Gasteiger partial charge in [0.1, 0.15) is 10.6 Å². The number of halogens is 1. The third kappa shape index (κ3) is 3.32. The summed E-state index contributed by atoms with van der Waals surface area (Å²) in [7, 11) is -3.65. The molecule has 0 unspecified atom stereocenters. The molecule has 2 heterocycles. The topological polar surface area (TPSA) is 70.6 Å². The van der Waals surface area contributed by atoms with Crippen LogP contribution in [0.1, 0.15) is 15.5 Å². The molecule has 6 nitrogen and oxygen atoms in total. The molecule has 1 amide bonds. The van der Waals surface area contributed by atoms with E-state index < -0.39 is 10.0 Å². The lowest BCUT2D eigenvalue weighted by Crippen LogP contribution is -2.50. The molecule has 1 fully saturated rings. The Morgan fingerprint density at radius 2 is 1.88 bits per heavy atom. The third-order valence-electron chi connectivity index (χ3n) is 3.82. The number of amides is 1. The molecule has 1 aliphatic heterocycles. The lowest BCUT2D eigenvalue weighted by atomic mass is 10.3. The first-order valence-electron chi connectivity index (χ1n) is 7.35. The van der Waals surface area contributed by atoms with E-state index in [1.54, 1.807) is 28.5 Å². The first-order valence-corrected chi connectivity index (χ1v) is 10.1. The molecule has 1 aliphatic rings. The second-order valence-corrected chi connectivity index (χ2v) is 8.75. The Balaban J connectivity index is 1.71. The summed E-state index contributed by atoms with van der Waals surface area (Å²) in [6.45, 7) is 2.98. The van der Waals surface area contributed by atoms with Gasteiger partial charge in [0.2, 0.25) is 10.0 Å². The molecule has 0 N–H and O–H groups in total. The highest BCUT2D eigenvalue weighted by atomic mass is 35.5. The molecule has 0 bridgehead atoms. The van der Waals surface area contributed by atoms with Crippen LogP contribution >= 0.6 is 22.9 Å². The first kappa shape index (κ1) is 17.3. The van der Waals surface area contributed by atoms with Gasteiger partial charge in [0.05, 0.1) is 10.0 Å². The Morgan fingerprint density at radius 1 is 1.21 bits per heavy atom. The summed E-state index contributed by atoms with van der Waals surface area (Å²) in [4.78, 5) is 18.3. The lowest BCUT2D eigenvalue weighted by molar-refractivity contribution is 0.0692. The maximum atomic E-state index is 12.7. The fourth-order valence-electron chi connectivity index (χ4n) is 2.55. The highest BCUT2D eigenvalue weighted by molar-refractivity contribution is 7.89. The first-order chi connectivity index (χ1) is 11.4. The standard InChI is InChI=1S/C15H16ClN3O3S2/c1-11-17-13(10-23-11)15(20)18-6-8-19(9-7-18)24(21,22)14-5-3-2-4-12(14)16/h2-5,10H,6-9H2,1H3. The Kier molecular flexibility index (Phi) is 4.91. The zero-order chi connectivity index (χ0) is 17.3.